The number of rotatable bonds is 10. The van der Waals surface area contributed by atoms with E-state index in [0.717, 1.165) is 6.42 Å². The molecule has 162 valence electrons. The van der Waals surface area contributed by atoms with E-state index in [9.17, 15) is 14.7 Å². The molecule has 0 aliphatic heterocycles. The van der Waals surface area contributed by atoms with Crippen LogP contribution in [0.3, 0.4) is 0 Å². The van der Waals surface area contributed by atoms with Crippen LogP contribution < -0.4 is 0 Å². The lowest BCUT2D eigenvalue weighted by atomic mass is 9.74. The first-order valence-corrected chi connectivity index (χ1v) is 9.73. The quantitative estimate of drug-likeness (QED) is 0.298. The maximum Gasteiger partial charge on any atom is 0.410 e. The minimum absolute atomic E-state index is 0.229. The van der Waals surface area contributed by atoms with Gasteiger partial charge in [-0.3, -0.25) is 4.79 Å². The zero-order chi connectivity index (χ0) is 22.3. The SMILES string of the molecule is CC(CC(C)N(CC(C)(C)CC(C)(C)CN=[N+]=[N-])C(=O)OC(C)(C)C)C(=O)O. The van der Waals surface area contributed by atoms with Gasteiger partial charge in [0.1, 0.15) is 5.60 Å². The molecule has 0 heterocycles. The molecule has 2 atom stereocenters. The number of aliphatic carboxylic acids is 1. The van der Waals surface area contributed by atoms with Crippen molar-refractivity contribution in [2.45, 2.75) is 86.8 Å². The predicted octanol–water partition coefficient (Wildman–Crippen LogP) is 5.48. The normalized spacial score (nSPS) is 14.6. The van der Waals surface area contributed by atoms with Crippen molar-refractivity contribution in [2.24, 2.45) is 21.9 Å². The van der Waals surface area contributed by atoms with Crippen LogP contribution in [0.4, 0.5) is 4.79 Å². The van der Waals surface area contributed by atoms with Crippen LogP contribution in [0.25, 0.3) is 10.4 Å². The molecule has 0 fully saturated rings. The van der Waals surface area contributed by atoms with Gasteiger partial charge in [0.05, 0.1) is 5.92 Å². The lowest BCUT2D eigenvalue weighted by Crippen LogP contribution is -2.48. The third kappa shape index (κ3) is 10.4. The molecule has 0 saturated carbocycles. The van der Waals surface area contributed by atoms with Gasteiger partial charge in [-0.2, -0.15) is 0 Å². The van der Waals surface area contributed by atoms with E-state index in [2.05, 4.69) is 23.9 Å². The fraction of sp³-hybridized carbons (Fsp3) is 0.900. The number of azide groups is 1. The average Bonchev–Trinajstić information content (AvgIpc) is 2.47. The van der Waals surface area contributed by atoms with Crippen LogP contribution in [-0.4, -0.2) is 46.8 Å². The number of hydrogen-bond donors (Lipinski definition) is 1. The van der Waals surface area contributed by atoms with Gasteiger partial charge in [-0.1, -0.05) is 39.7 Å². The molecule has 1 amide bonds. The molecular formula is C20H38N4O4. The van der Waals surface area contributed by atoms with Crippen molar-refractivity contribution in [3.63, 3.8) is 0 Å². The van der Waals surface area contributed by atoms with Crippen molar-refractivity contribution in [1.82, 2.24) is 4.90 Å². The summed E-state index contributed by atoms with van der Waals surface area (Å²) in [4.78, 5) is 28.6. The Morgan fingerprint density at radius 3 is 2.07 bits per heavy atom. The first-order chi connectivity index (χ1) is 12.5. The number of hydrogen-bond acceptors (Lipinski definition) is 4. The molecule has 0 rings (SSSR count). The molecule has 0 spiro atoms. The van der Waals surface area contributed by atoms with Crippen LogP contribution in [0.15, 0.2) is 5.11 Å². The molecule has 8 nitrogen and oxygen atoms in total. The van der Waals surface area contributed by atoms with E-state index in [4.69, 9.17) is 10.3 Å². The molecule has 0 aliphatic rings. The van der Waals surface area contributed by atoms with Crippen molar-refractivity contribution in [2.75, 3.05) is 13.1 Å². The highest BCUT2D eigenvalue weighted by Gasteiger charge is 2.35. The Morgan fingerprint density at radius 2 is 1.64 bits per heavy atom. The van der Waals surface area contributed by atoms with Gasteiger partial charge in [0.15, 0.2) is 0 Å². The van der Waals surface area contributed by atoms with E-state index >= 15 is 0 Å². The van der Waals surface area contributed by atoms with Crippen LogP contribution in [0.5, 0.6) is 0 Å². The Kier molecular flexibility index (Phi) is 9.31. The van der Waals surface area contributed by atoms with Gasteiger partial charge < -0.3 is 14.7 Å². The molecule has 0 bridgehead atoms. The summed E-state index contributed by atoms with van der Waals surface area (Å²) in [6.45, 7) is 17.8. The van der Waals surface area contributed by atoms with E-state index < -0.39 is 23.6 Å². The molecule has 0 aromatic rings. The van der Waals surface area contributed by atoms with E-state index in [0.29, 0.717) is 19.5 Å². The standard InChI is InChI=1S/C20H38N4O4/c1-14(16(25)26)10-15(2)24(17(27)28-18(3,4)5)13-20(8,9)11-19(6,7)12-22-23-21/h14-15H,10-13H2,1-9H3,(H,25,26). The number of ether oxygens (including phenoxy) is 1. The second-order valence-electron chi connectivity index (χ2n) is 10.3. The Bertz CT molecular complexity index is 590. The summed E-state index contributed by atoms with van der Waals surface area (Å²) in [6.07, 6.45) is 0.616. The monoisotopic (exact) mass is 398 g/mol. The summed E-state index contributed by atoms with van der Waals surface area (Å²) in [6, 6.07) is -0.291. The minimum atomic E-state index is -0.884. The largest absolute Gasteiger partial charge is 0.481 e. The van der Waals surface area contributed by atoms with Gasteiger partial charge in [-0.25, -0.2) is 4.79 Å². The lowest BCUT2D eigenvalue weighted by Gasteiger charge is -2.41. The van der Waals surface area contributed by atoms with Crippen LogP contribution in [0.1, 0.15) is 75.2 Å². The van der Waals surface area contributed by atoms with E-state index in [1.54, 1.807) is 11.8 Å². The second-order valence-corrected chi connectivity index (χ2v) is 10.3. The molecule has 0 radical (unpaired) electrons. The Morgan fingerprint density at radius 1 is 1.11 bits per heavy atom. The Hall–Kier alpha value is -1.95. The van der Waals surface area contributed by atoms with Crippen LogP contribution in [0.2, 0.25) is 0 Å². The Labute approximate surface area is 169 Å². The van der Waals surface area contributed by atoms with Gasteiger partial charge in [-0.05, 0) is 56.9 Å². The molecule has 8 heteroatoms. The molecule has 0 saturated heterocycles. The van der Waals surface area contributed by atoms with Gasteiger partial charge in [0, 0.05) is 24.0 Å². The first-order valence-electron chi connectivity index (χ1n) is 9.73. The smallest absolute Gasteiger partial charge is 0.410 e. The summed E-state index contributed by atoms with van der Waals surface area (Å²) in [5.74, 6) is -1.45. The van der Waals surface area contributed by atoms with Gasteiger partial charge in [0.25, 0.3) is 0 Å². The zero-order valence-electron chi connectivity index (χ0n) is 18.9. The highest BCUT2D eigenvalue weighted by Crippen LogP contribution is 2.35. The number of carbonyl (C=O) groups excluding carboxylic acids is 1. The Balaban J connectivity index is 5.51. The minimum Gasteiger partial charge on any atom is -0.481 e. The maximum atomic E-state index is 12.9. The van der Waals surface area contributed by atoms with Crippen LogP contribution in [-0.2, 0) is 9.53 Å². The van der Waals surface area contributed by atoms with Gasteiger partial charge >= 0.3 is 12.1 Å². The highest BCUT2D eigenvalue weighted by atomic mass is 16.6. The number of nitrogens with zero attached hydrogens (tertiary/aromatic N) is 4. The van der Waals surface area contributed by atoms with Crippen molar-refractivity contribution in [3.8, 4) is 0 Å². The van der Waals surface area contributed by atoms with Crippen LogP contribution in [0, 0.1) is 16.7 Å². The number of amides is 1. The van der Waals surface area contributed by atoms with E-state index in [1.807, 2.05) is 41.5 Å². The van der Waals surface area contributed by atoms with Crippen molar-refractivity contribution in [1.29, 1.82) is 0 Å². The van der Waals surface area contributed by atoms with Gasteiger partial charge in [0.2, 0.25) is 0 Å². The fourth-order valence-corrected chi connectivity index (χ4v) is 3.55. The second kappa shape index (κ2) is 10.0. The predicted molar refractivity (Wildman–Crippen MR) is 110 cm³/mol. The molecule has 0 aliphatic carbocycles. The van der Waals surface area contributed by atoms with Crippen molar-refractivity contribution >= 4 is 12.1 Å². The molecule has 1 N–H and O–H groups in total. The summed E-state index contributed by atoms with van der Waals surface area (Å²) in [7, 11) is 0. The zero-order valence-corrected chi connectivity index (χ0v) is 18.9. The van der Waals surface area contributed by atoms with Crippen LogP contribution >= 0.6 is 0 Å². The molecule has 2 unspecified atom stereocenters. The van der Waals surface area contributed by atoms with Crippen molar-refractivity contribution in [3.05, 3.63) is 10.4 Å². The topological polar surface area (TPSA) is 116 Å². The number of carboxylic acid groups (broad SMARTS) is 1. The number of carboxylic acids is 1. The molecule has 0 aromatic carbocycles. The summed E-state index contributed by atoms with van der Waals surface area (Å²) in [5, 5.41) is 12.9. The number of carbonyl (C=O) groups is 2. The molecule has 28 heavy (non-hydrogen) atoms. The summed E-state index contributed by atoms with van der Waals surface area (Å²) < 4.78 is 5.58. The third-order valence-corrected chi connectivity index (χ3v) is 4.39. The van der Waals surface area contributed by atoms with E-state index in [1.165, 1.54) is 0 Å². The summed E-state index contributed by atoms with van der Waals surface area (Å²) in [5.41, 5.74) is 7.44. The summed E-state index contributed by atoms with van der Waals surface area (Å²) >= 11 is 0. The van der Waals surface area contributed by atoms with E-state index in [-0.39, 0.29) is 16.9 Å². The maximum absolute atomic E-state index is 12.9. The first kappa shape index (κ1) is 26.1. The van der Waals surface area contributed by atoms with Crippen molar-refractivity contribution < 1.29 is 19.4 Å². The average molecular weight is 399 g/mol. The molecule has 0 aromatic heterocycles. The highest BCUT2D eigenvalue weighted by molar-refractivity contribution is 5.70. The van der Waals surface area contributed by atoms with Gasteiger partial charge in [-0.15, -0.1) is 0 Å². The fourth-order valence-electron chi connectivity index (χ4n) is 3.55. The lowest BCUT2D eigenvalue weighted by molar-refractivity contribution is -0.141. The molecular weight excluding hydrogens is 360 g/mol. The third-order valence-electron chi connectivity index (χ3n) is 4.39.